The summed E-state index contributed by atoms with van der Waals surface area (Å²) in [4.78, 5) is 6.70. The molecule has 0 aliphatic carbocycles. The van der Waals surface area contributed by atoms with E-state index in [1.807, 2.05) is 13.1 Å². The zero-order valence-corrected chi connectivity index (χ0v) is 15.1. The predicted octanol–water partition coefficient (Wildman–Crippen LogP) is 2.15. The first-order chi connectivity index (χ1) is 11.4. The van der Waals surface area contributed by atoms with E-state index in [1.165, 1.54) is 24.1 Å². The van der Waals surface area contributed by atoms with E-state index in [4.69, 9.17) is 4.52 Å². The summed E-state index contributed by atoms with van der Waals surface area (Å²) in [6.45, 7) is 12.2. The van der Waals surface area contributed by atoms with Crippen LogP contribution in [-0.2, 0) is 18.5 Å². The van der Waals surface area contributed by atoms with Crippen molar-refractivity contribution in [2.24, 2.45) is 0 Å². The summed E-state index contributed by atoms with van der Waals surface area (Å²) >= 11 is 0. The van der Waals surface area contributed by atoms with Gasteiger partial charge in [0.15, 0.2) is 5.82 Å². The summed E-state index contributed by atoms with van der Waals surface area (Å²) in [6, 6.07) is 0.481. The second-order valence-corrected chi connectivity index (χ2v) is 7.71. The van der Waals surface area contributed by atoms with Crippen LogP contribution in [0.2, 0.25) is 0 Å². The summed E-state index contributed by atoms with van der Waals surface area (Å²) in [7, 11) is 0. The molecule has 0 unspecified atom stereocenters. The van der Waals surface area contributed by atoms with Crippen LogP contribution in [0.25, 0.3) is 0 Å². The normalized spacial score (nSPS) is 19.8. The Kier molecular flexibility index (Phi) is 5.01. The minimum Gasteiger partial charge on any atom is -0.340 e. The van der Waals surface area contributed by atoms with Crippen molar-refractivity contribution in [1.29, 1.82) is 0 Å². The third-order valence-electron chi connectivity index (χ3n) is 4.49. The lowest BCUT2D eigenvalue weighted by atomic mass is 9.89. The van der Waals surface area contributed by atoms with E-state index < -0.39 is 0 Å². The van der Waals surface area contributed by atoms with Gasteiger partial charge in [-0.25, -0.2) is 0 Å². The average molecular weight is 332 g/mol. The number of aryl methyl sites for hydroxylation is 1. The Balaban J connectivity index is 1.53. The van der Waals surface area contributed by atoms with Crippen LogP contribution in [0.15, 0.2) is 10.7 Å². The maximum atomic E-state index is 5.06. The van der Waals surface area contributed by atoms with Gasteiger partial charge in [0, 0.05) is 42.7 Å². The second kappa shape index (κ2) is 7.03. The van der Waals surface area contributed by atoms with Gasteiger partial charge in [-0.2, -0.15) is 10.1 Å². The van der Waals surface area contributed by atoms with Gasteiger partial charge in [-0.1, -0.05) is 25.9 Å². The third kappa shape index (κ3) is 4.21. The first-order valence-electron chi connectivity index (χ1n) is 8.69. The Hall–Kier alpha value is -1.73. The van der Waals surface area contributed by atoms with E-state index in [1.54, 1.807) is 0 Å². The van der Waals surface area contributed by atoms with Crippen molar-refractivity contribution in [1.82, 2.24) is 30.6 Å². The molecule has 0 bridgehead atoms. The first-order valence-corrected chi connectivity index (χ1v) is 8.69. The van der Waals surface area contributed by atoms with Gasteiger partial charge in [-0.05, 0) is 19.4 Å². The van der Waals surface area contributed by atoms with Crippen LogP contribution < -0.4 is 5.32 Å². The van der Waals surface area contributed by atoms with Crippen molar-refractivity contribution >= 4 is 0 Å². The summed E-state index contributed by atoms with van der Waals surface area (Å²) in [5.74, 6) is 1.41. The fraction of sp³-hybridized carbons (Fsp3) is 0.706. The van der Waals surface area contributed by atoms with E-state index in [0.717, 1.165) is 32.0 Å². The number of aromatic nitrogens is 4. The summed E-state index contributed by atoms with van der Waals surface area (Å²) in [6.07, 6.45) is 4.33. The molecule has 1 aliphatic rings. The zero-order chi connectivity index (χ0) is 17.2. The molecule has 0 aromatic carbocycles. The second-order valence-electron chi connectivity index (χ2n) is 7.71. The molecular weight excluding hydrogens is 304 g/mol. The lowest BCUT2D eigenvalue weighted by Crippen LogP contribution is -2.45. The standard InChI is InChI=1S/C17H28N6O/c1-12-20-15(22-24-12)11-23-7-5-6-14(10-23)18-8-13-9-19-21-16(13)17(2,3)4/h9,14,18H,5-8,10-11H2,1-4H3,(H,19,21)/t14-/m1/s1. The van der Waals surface area contributed by atoms with E-state index in [-0.39, 0.29) is 5.41 Å². The summed E-state index contributed by atoms with van der Waals surface area (Å²) in [5, 5.41) is 15.1. The van der Waals surface area contributed by atoms with Crippen LogP contribution in [0.4, 0.5) is 0 Å². The van der Waals surface area contributed by atoms with Gasteiger partial charge in [-0.3, -0.25) is 10.00 Å². The molecule has 1 aliphatic heterocycles. The highest BCUT2D eigenvalue weighted by atomic mass is 16.5. The highest BCUT2D eigenvalue weighted by molar-refractivity contribution is 5.23. The topological polar surface area (TPSA) is 82.9 Å². The molecule has 3 heterocycles. The van der Waals surface area contributed by atoms with Gasteiger partial charge in [0.05, 0.1) is 12.7 Å². The number of nitrogens with one attached hydrogen (secondary N) is 2. The van der Waals surface area contributed by atoms with Gasteiger partial charge in [0.1, 0.15) is 0 Å². The minimum absolute atomic E-state index is 0.0859. The number of hydrogen-bond acceptors (Lipinski definition) is 6. The largest absolute Gasteiger partial charge is 0.340 e. The summed E-state index contributed by atoms with van der Waals surface area (Å²) < 4.78 is 5.06. The van der Waals surface area contributed by atoms with Crippen LogP contribution >= 0.6 is 0 Å². The van der Waals surface area contributed by atoms with Crippen molar-refractivity contribution in [3.8, 4) is 0 Å². The van der Waals surface area contributed by atoms with Gasteiger partial charge < -0.3 is 9.84 Å². The molecule has 132 valence electrons. The van der Waals surface area contributed by atoms with Crippen LogP contribution in [0.3, 0.4) is 0 Å². The number of aromatic amines is 1. The number of rotatable bonds is 5. The molecule has 2 aromatic heterocycles. The van der Waals surface area contributed by atoms with E-state index in [9.17, 15) is 0 Å². The smallest absolute Gasteiger partial charge is 0.223 e. The number of H-pyrrole nitrogens is 1. The Labute approximate surface area is 143 Å². The summed E-state index contributed by atoms with van der Waals surface area (Å²) in [5.41, 5.74) is 2.56. The van der Waals surface area contributed by atoms with E-state index >= 15 is 0 Å². The number of likely N-dealkylation sites (tertiary alicyclic amines) is 1. The predicted molar refractivity (Wildman–Crippen MR) is 91.5 cm³/mol. The Morgan fingerprint density at radius 3 is 2.96 bits per heavy atom. The SMILES string of the molecule is Cc1nc(CN2CCC[C@@H](NCc3cn[nH]c3C(C)(C)C)C2)no1. The Morgan fingerprint density at radius 2 is 2.25 bits per heavy atom. The van der Waals surface area contributed by atoms with Crippen molar-refractivity contribution in [2.45, 2.75) is 65.1 Å². The van der Waals surface area contributed by atoms with Crippen molar-refractivity contribution in [2.75, 3.05) is 13.1 Å². The molecule has 2 N–H and O–H groups in total. The van der Waals surface area contributed by atoms with Crippen LogP contribution in [0, 0.1) is 6.92 Å². The molecule has 0 saturated carbocycles. The van der Waals surface area contributed by atoms with E-state index in [2.05, 4.69) is 51.3 Å². The van der Waals surface area contributed by atoms with Gasteiger partial charge in [-0.15, -0.1) is 0 Å². The number of hydrogen-bond donors (Lipinski definition) is 2. The van der Waals surface area contributed by atoms with E-state index in [0.29, 0.717) is 11.9 Å². The number of nitrogens with zero attached hydrogens (tertiary/aromatic N) is 4. The third-order valence-corrected chi connectivity index (χ3v) is 4.49. The lowest BCUT2D eigenvalue weighted by molar-refractivity contribution is 0.177. The fourth-order valence-corrected chi connectivity index (χ4v) is 3.32. The maximum Gasteiger partial charge on any atom is 0.223 e. The molecule has 1 atom stereocenters. The van der Waals surface area contributed by atoms with Gasteiger partial charge in [0.2, 0.25) is 5.89 Å². The average Bonchev–Trinajstić information content (AvgIpc) is 3.14. The van der Waals surface area contributed by atoms with Crippen LogP contribution in [-0.4, -0.2) is 44.4 Å². The molecule has 7 heteroatoms. The highest BCUT2D eigenvalue weighted by Gasteiger charge is 2.23. The highest BCUT2D eigenvalue weighted by Crippen LogP contribution is 2.23. The molecule has 24 heavy (non-hydrogen) atoms. The maximum absolute atomic E-state index is 5.06. The van der Waals surface area contributed by atoms with Crippen LogP contribution in [0.1, 0.15) is 56.6 Å². The van der Waals surface area contributed by atoms with Crippen molar-refractivity contribution < 1.29 is 4.52 Å². The van der Waals surface area contributed by atoms with Crippen molar-refractivity contribution in [3.05, 3.63) is 29.2 Å². The monoisotopic (exact) mass is 332 g/mol. The number of piperidine rings is 1. The van der Waals surface area contributed by atoms with Gasteiger partial charge >= 0.3 is 0 Å². The molecule has 0 radical (unpaired) electrons. The molecule has 7 nitrogen and oxygen atoms in total. The zero-order valence-electron chi connectivity index (χ0n) is 15.1. The molecule has 2 aromatic rings. The first kappa shape index (κ1) is 17.1. The molecular formula is C17H28N6O. The molecule has 0 amide bonds. The molecule has 3 rings (SSSR count). The lowest BCUT2D eigenvalue weighted by Gasteiger charge is -2.32. The molecule has 1 saturated heterocycles. The molecule has 1 fully saturated rings. The Morgan fingerprint density at radius 1 is 1.42 bits per heavy atom. The van der Waals surface area contributed by atoms with Crippen LogP contribution in [0.5, 0.6) is 0 Å². The minimum atomic E-state index is 0.0859. The van der Waals surface area contributed by atoms with Gasteiger partial charge in [0.25, 0.3) is 0 Å². The van der Waals surface area contributed by atoms with Crippen molar-refractivity contribution in [3.63, 3.8) is 0 Å². The fourth-order valence-electron chi connectivity index (χ4n) is 3.32. The molecule has 0 spiro atoms. The quantitative estimate of drug-likeness (QED) is 0.873. The Bertz CT molecular complexity index is 656.